The van der Waals surface area contributed by atoms with Crippen LogP contribution in [0, 0.1) is 3.57 Å². The smallest absolute Gasteiger partial charge is 0.158 e. The summed E-state index contributed by atoms with van der Waals surface area (Å²) in [6, 6.07) is 7.62. The molecule has 0 aliphatic rings. The first-order valence-corrected chi connectivity index (χ1v) is 7.93. The highest BCUT2D eigenvalue weighted by Gasteiger charge is 2.07. The zero-order chi connectivity index (χ0) is 15.2. The quantitative estimate of drug-likeness (QED) is 0.693. The van der Waals surface area contributed by atoms with Gasteiger partial charge in [-0.25, -0.2) is 9.97 Å². The summed E-state index contributed by atoms with van der Waals surface area (Å²) in [5.74, 6) is 2.02. The van der Waals surface area contributed by atoms with E-state index in [1.54, 1.807) is 0 Å². The molecule has 7 heteroatoms. The molecule has 0 fully saturated rings. The van der Waals surface area contributed by atoms with Crippen molar-refractivity contribution in [1.82, 2.24) is 9.97 Å². The molecule has 1 heterocycles. The number of anilines is 3. The number of hydrogen-bond donors (Lipinski definition) is 2. The largest absolute Gasteiger partial charge is 0.374 e. The van der Waals surface area contributed by atoms with Crippen LogP contribution in [0.4, 0.5) is 17.3 Å². The van der Waals surface area contributed by atoms with E-state index in [4.69, 9.17) is 16.3 Å². The number of rotatable bonds is 6. The van der Waals surface area contributed by atoms with Crippen LogP contribution in [-0.2, 0) is 11.3 Å². The lowest BCUT2D eigenvalue weighted by molar-refractivity contribution is 0.128. The fourth-order valence-corrected chi connectivity index (χ4v) is 2.58. The number of hydrogen-bond acceptors (Lipinski definition) is 5. The summed E-state index contributed by atoms with van der Waals surface area (Å²) in [5, 5.41) is 6.87. The molecular weight excluding hydrogens is 403 g/mol. The van der Waals surface area contributed by atoms with Gasteiger partial charge >= 0.3 is 0 Å². The summed E-state index contributed by atoms with van der Waals surface area (Å²) in [6.07, 6.45) is 0. The number of halogens is 2. The Labute approximate surface area is 142 Å². The minimum atomic E-state index is 0.376. The molecule has 2 N–H and O–H groups in total. The van der Waals surface area contributed by atoms with Crippen LogP contribution in [-0.4, -0.2) is 23.6 Å². The Kier molecular flexibility index (Phi) is 6.01. The van der Waals surface area contributed by atoms with Crippen molar-refractivity contribution in [2.45, 2.75) is 13.5 Å². The fraction of sp³-hybridized carbons (Fsp3) is 0.286. The average molecular weight is 419 g/mol. The molecule has 5 nitrogen and oxygen atoms in total. The van der Waals surface area contributed by atoms with Gasteiger partial charge in [-0.05, 0) is 47.7 Å². The predicted molar refractivity (Wildman–Crippen MR) is 94.4 cm³/mol. The molecule has 0 unspecified atom stereocenters. The van der Waals surface area contributed by atoms with Gasteiger partial charge < -0.3 is 15.4 Å². The zero-order valence-corrected chi connectivity index (χ0v) is 14.7. The van der Waals surface area contributed by atoms with Gasteiger partial charge in [-0.15, -0.1) is 0 Å². The van der Waals surface area contributed by atoms with Gasteiger partial charge in [0.05, 0.1) is 10.7 Å². The fourth-order valence-electron chi connectivity index (χ4n) is 1.68. The van der Waals surface area contributed by atoms with Gasteiger partial charge in [0.25, 0.3) is 0 Å². The van der Waals surface area contributed by atoms with Crippen LogP contribution in [0.15, 0.2) is 24.3 Å². The number of benzene rings is 1. The first-order valence-electron chi connectivity index (χ1n) is 6.48. The number of nitrogens with zero attached hydrogens (tertiary/aromatic N) is 2. The van der Waals surface area contributed by atoms with Crippen LogP contribution >= 0.6 is 34.2 Å². The molecule has 1 aromatic carbocycles. The number of ether oxygens (including phenoxy) is 1. The van der Waals surface area contributed by atoms with Crippen LogP contribution in [0.1, 0.15) is 12.7 Å². The Morgan fingerprint density at radius 2 is 2.00 bits per heavy atom. The lowest BCUT2D eigenvalue weighted by atomic mass is 10.3. The molecule has 2 rings (SSSR count). The van der Waals surface area contributed by atoms with E-state index in [1.165, 1.54) is 0 Å². The Morgan fingerprint density at radius 1 is 1.24 bits per heavy atom. The summed E-state index contributed by atoms with van der Waals surface area (Å²) < 4.78 is 6.44. The van der Waals surface area contributed by atoms with E-state index in [9.17, 15) is 0 Å². The molecule has 0 saturated heterocycles. The average Bonchev–Trinajstić information content (AvgIpc) is 2.48. The Bertz CT molecular complexity index is 624. The standard InChI is InChI=1S/C14H16ClIN4O/c1-3-21-8-14-19-12(17-2)7-13(20-14)18-11-5-4-9(16)6-10(11)15/h4-7H,3,8H2,1-2H3,(H2,17,18,19,20). The third-order valence-corrected chi connectivity index (χ3v) is 3.64. The second-order valence-corrected chi connectivity index (χ2v) is 5.84. The molecule has 21 heavy (non-hydrogen) atoms. The van der Waals surface area contributed by atoms with Crippen LogP contribution in [0.5, 0.6) is 0 Å². The van der Waals surface area contributed by atoms with Gasteiger partial charge in [-0.1, -0.05) is 11.6 Å². The van der Waals surface area contributed by atoms with Crippen LogP contribution < -0.4 is 10.6 Å². The van der Waals surface area contributed by atoms with Gasteiger partial charge in [0.1, 0.15) is 18.2 Å². The zero-order valence-electron chi connectivity index (χ0n) is 11.8. The number of nitrogens with one attached hydrogen (secondary N) is 2. The van der Waals surface area contributed by atoms with Gasteiger partial charge in [0.15, 0.2) is 5.82 Å². The summed E-state index contributed by atoms with van der Waals surface area (Å²) >= 11 is 8.45. The molecule has 0 atom stereocenters. The highest BCUT2D eigenvalue weighted by atomic mass is 127. The molecule has 0 amide bonds. The van der Waals surface area contributed by atoms with Gasteiger partial charge in [-0.2, -0.15) is 0 Å². The van der Waals surface area contributed by atoms with E-state index in [2.05, 4.69) is 43.2 Å². The molecule has 1 aromatic heterocycles. The van der Waals surface area contributed by atoms with Crippen molar-refractivity contribution >= 4 is 51.5 Å². The van der Waals surface area contributed by atoms with Crippen molar-refractivity contribution in [3.05, 3.63) is 38.7 Å². The first kappa shape index (κ1) is 16.3. The Morgan fingerprint density at radius 3 is 2.67 bits per heavy atom. The maximum absolute atomic E-state index is 6.23. The lowest BCUT2D eigenvalue weighted by Gasteiger charge is -2.11. The highest BCUT2D eigenvalue weighted by molar-refractivity contribution is 14.1. The Balaban J connectivity index is 2.25. The van der Waals surface area contributed by atoms with Crippen molar-refractivity contribution in [2.24, 2.45) is 0 Å². The van der Waals surface area contributed by atoms with E-state index in [0.29, 0.717) is 29.9 Å². The third-order valence-electron chi connectivity index (χ3n) is 2.66. The van der Waals surface area contributed by atoms with Crippen LogP contribution in [0.3, 0.4) is 0 Å². The molecule has 0 saturated carbocycles. The molecule has 0 radical (unpaired) electrons. The molecular formula is C14H16ClIN4O. The van der Waals surface area contributed by atoms with E-state index < -0.39 is 0 Å². The van der Waals surface area contributed by atoms with Crippen molar-refractivity contribution in [1.29, 1.82) is 0 Å². The summed E-state index contributed by atoms with van der Waals surface area (Å²) in [6.45, 7) is 2.94. The van der Waals surface area contributed by atoms with Crippen LogP contribution in [0.2, 0.25) is 5.02 Å². The van der Waals surface area contributed by atoms with Crippen molar-refractivity contribution in [3.8, 4) is 0 Å². The molecule has 0 bridgehead atoms. The lowest BCUT2D eigenvalue weighted by Crippen LogP contribution is -2.05. The molecule has 0 aliphatic carbocycles. The van der Waals surface area contributed by atoms with Crippen molar-refractivity contribution in [3.63, 3.8) is 0 Å². The minimum Gasteiger partial charge on any atom is -0.374 e. The molecule has 0 spiro atoms. The van der Waals surface area contributed by atoms with Crippen LogP contribution in [0.25, 0.3) is 0 Å². The monoisotopic (exact) mass is 418 g/mol. The maximum Gasteiger partial charge on any atom is 0.158 e. The topological polar surface area (TPSA) is 59.1 Å². The van der Waals surface area contributed by atoms with Gasteiger partial charge in [0, 0.05) is 23.3 Å². The molecule has 112 valence electrons. The minimum absolute atomic E-state index is 0.376. The second kappa shape index (κ2) is 7.77. The number of aromatic nitrogens is 2. The van der Waals surface area contributed by atoms with Gasteiger partial charge in [0.2, 0.25) is 0 Å². The summed E-state index contributed by atoms with van der Waals surface area (Å²) in [4.78, 5) is 8.78. The maximum atomic E-state index is 6.23. The predicted octanol–water partition coefficient (Wildman–Crippen LogP) is 4.06. The van der Waals surface area contributed by atoms with E-state index in [-0.39, 0.29) is 0 Å². The molecule has 2 aromatic rings. The Hall–Kier alpha value is -1.12. The van der Waals surface area contributed by atoms with Gasteiger partial charge in [-0.3, -0.25) is 0 Å². The second-order valence-electron chi connectivity index (χ2n) is 4.19. The van der Waals surface area contributed by atoms with Crippen molar-refractivity contribution < 1.29 is 4.74 Å². The summed E-state index contributed by atoms with van der Waals surface area (Å²) in [7, 11) is 1.81. The summed E-state index contributed by atoms with van der Waals surface area (Å²) in [5.41, 5.74) is 0.806. The highest BCUT2D eigenvalue weighted by Crippen LogP contribution is 2.27. The normalized spacial score (nSPS) is 10.5. The first-order chi connectivity index (χ1) is 10.1. The van der Waals surface area contributed by atoms with Crippen molar-refractivity contribution in [2.75, 3.05) is 24.3 Å². The SMILES string of the molecule is CCOCc1nc(NC)cc(Nc2ccc(I)cc2Cl)n1. The van der Waals surface area contributed by atoms with E-state index in [1.807, 2.05) is 38.2 Å². The van der Waals surface area contributed by atoms with E-state index in [0.717, 1.165) is 15.1 Å². The molecule has 0 aliphatic heterocycles. The van der Waals surface area contributed by atoms with E-state index >= 15 is 0 Å². The third kappa shape index (κ3) is 4.69.